The fourth-order valence-corrected chi connectivity index (χ4v) is 4.41. The number of hydrogen-bond acceptors (Lipinski definition) is 6. The summed E-state index contributed by atoms with van der Waals surface area (Å²) in [7, 11) is -4.22. The number of carbonyl (C=O) groups excluding carboxylic acids is 1. The molecule has 0 fully saturated rings. The van der Waals surface area contributed by atoms with E-state index in [0.717, 1.165) is 17.0 Å². The highest BCUT2D eigenvalue weighted by Gasteiger charge is 2.19. The molecule has 1 rings (SSSR count). The third-order valence-corrected chi connectivity index (χ3v) is 6.11. The summed E-state index contributed by atoms with van der Waals surface area (Å²) in [6.45, 7) is 11.5. The lowest BCUT2D eigenvalue weighted by atomic mass is 10.0. The van der Waals surface area contributed by atoms with Crippen molar-refractivity contribution in [3.05, 3.63) is 60.7 Å². The highest BCUT2D eigenvalue weighted by Crippen LogP contribution is 2.35. The van der Waals surface area contributed by atoms with Crippen molar-refractivity contribution < 1.29 is 23.9 Å². The van der Waals surface area contributed by atoms with Crippen LogP contribution < -0.4 is 10.6 Å². The van der Waals surface area contributed by atoms with Crippen LogP contribution in [0, 0.1) is 5.92 Å². The quantitative estimate of drug-likeness (QED) is 0.0588. The molecule has 1 aromatic carbocycles. The van der Waals surface area contributed by atoms with E-state index in [1.807, 2.05) is 37.3 Å². The average Bonchev–Trinajstić information content (AvgIpc) is 2.76. The number of benzene rings is 1. The molecule has 1 amide bonds. The zero-order valence-electron chi connectivity index (χ0n) is 19.5. The van der Waals surface area contributed by atoms with Gasteiger partial charge in [0.1, 0.15) is 5.75 Å². The van der Waals surface area contributed by atoms with E-state index in [1.165, 1.54) is 5.01 Å². The van der Waals surface area contributed by atoms with Gasteiger partial charge in [0.05, 0.1) is 6.04 Å². The van der Waals surface area contributed by atoms with E-state index in [4.69, 9.17) is 20.4 Å². The summed E-state index contributed by atoms with van der Waals surface area (Å²) in [6.07, 6.45) is 8.88. The van der Waals surface area contributed by atoms with Gasteiger partial charge < -0.3 is 14.5 Å². The molecule has 0 radical (unpaired) electrons. The van der Waals surface area contributed by atoms with Crippen LogP contribution in [0.15, 0.2) is 65.6 Å². The predicted molar refractivity (Wildman–Crippen MR) is 134 cm³/mol. The van der Waals surface area contributed by atoms with Gasteiger partial charge in [-0.05, 0) is 61.9 Å². The molecule has 1 aromatic rings. The monoisotopic (exact) mass is 497 g/mol. The maximum atomic E-state index is 11.4. The van der Waals surface area contributed by atoms with Gasteiger partial charge in [-0.2, -0.15) is 0 Å². The summed E-state index contributed by atoms with van der Waals surface area (Å²) in [6, 6.07) is 6.92. The molecule has 8 nitrogen and oxygen atoms in total. The first-order chi connectivity index (χ1) is 15.6. The summed E-state index contributed by atoms with van der Waals surface area (Å²) < 4.78 is 18.3. The van der Waals surface area contributed by atoms with Gasteiger partial charge >= 0.3 is 7.60 Å². The van der Waals surface area contributed by atoms with Crippen molar-refractivity contribution in [3.8, 4) is 5.75 Å². The zero-order chi connectivity index (χ0) is 24.9. The van der Waals surface area contributed by atoms with Crippen molar-refractivity contribution in [3.63, 3.8) is 0 Å². The molecule has 1 atom stereocenters. The van der Waals surface area contributed by atoms with Crippen LogP contribution in [0.5, 0.6) is 5.75 Å². The summed E-state index contributed by atoms with van der Waals surface area (Å²) in [5.74, 6) is 6.79. The first-order valence-corrected chi connectivity index (χ1v) is 13.3. The Morgan fingerprint density at radius 3 is 2.48 bits per heavy atom. The largest absolute Gasteiger partial charge is 0.481 e. The maximum Gasteiger partial charge on any atom is 0.362 e. The topological polar surface area (TPSA) is 116 Å². The van der Waals surface area contributed by atoms with Crippen molar-refractivity contribution in [2.45, 2.75) is 44.6 Å². The minimum atomic E-state index is -4.22. The number of ether oxygens (including phenoxy) is 1. The number of hydrazine groups is 1. The predicted octanol–water partition coefficient (Wildman–Crippen LogP) is 4.34. The summed E-state index contributed by atoms with van der Waals surface area (Å²) in [5, 5.41) is 1.23. The van der Waals surface area contributed by atoms with E-state index >= 15 is 0 Å². The molecular formula is C23H36N3O5PS. The molecule has 0 saturated carbocycles. The van der Waals surface area contributed by atoms with E-state index in [1.54, 1.807) is 30.2 Å². The Bertz CT molecular complexity index is 839. The number of hydrogen-bond donors (Lipinski definition) is 3. The van der Waals surface area contributed by atoms with Gasteiger partial charge in [0.2, 0.25) is 6.41 Å². The maximum absolute atomic E-state index is 11.4. The van der Waals surface area contributed by atoms with Crippen LogP contribution in [-0.2, 0) is 9.36 Å². The zero-order valence-corrected chi connectivity index (χ0v) is 21.3. The van der Waals surface area contributed by atoms with Gasteiger partial charge in [-0.1, -0.05) is 50.3 Å². The van der Waals surface area contributed by atoms with E-state index < -0.39 is 13.9 Å². The third-order valence-electron chi connectivity index (χ3n) is 4.57. The molecule has 0 saturated heterocycles. The fraction of sp³-hybridized carbons (Fsp3) is 0.435. The molecule has 0 aliphatic heterocycles. The molecule has 33 heavy (non-hydrogen) atoms. The molecule has 0 heterocycles. The number of amides is 1. The van der Waals surface area contributed by atoms with Gasteiger partial charge in [-0.25, -0.2) is 10.1 Å². The van der Waals surface area contributed by atoms with E-state index in [9.17, 15) is 9.36 Å². The Balaban J connectivity index is 2.83. The summed E-state index contributed by atoms with van der Waals surface area (Å²) in [5.41, 5.74) is 1.08. The number of nitrogens with zero attached hydrogens (tertiary/aromatic N) is 2. The number of allylic oxidation sites excluding steroid dienone is 4. The Labute approximate surface area is 201 Å². The SMILES string of the molecule is C=C/C=C\C(=C/C)C[C@@H](CCN(CC(C)C)Sc1ccc(OCP(=O)(O)O)cc1)N(N)C=O. The van der Waals surface area contributed by atoms with Crippen LogP contribution in [0.1, 0.15) is 33.6 Å². The lowest BCUT2D eigenvalue weighted by Crippen LogP contribution is -2.42. The first kappa shape index (κ1) is 29.2. The molecule has 184 valence electrons. The van der Waals surface area contributed by atoms with Crippen LogP contribution in [0.25, 0.3) is 0 Å². The molecule has 0 bridgehead atoms. The molecule has 4 N–H and O–H groups in total. The summed E-state index contributed by atoms with van der Waals surface area (Å²) in [4.78, 5) is 30.2. The van der Waals surface area contributed by atoms with Crippen LogP contribution in [-0.4, -0.2) is 51.0 Å². The van der Waals surface area contributed by atoms with Crippen molar-refractivity contribution in [2.75, 3.05) is 19.4 Å². The number of rotatable bonds is 16. The Kier molecular flexibility index (Phi) is 13.4. The molecule has 0 aliphatic rings. The Morgan fingerprint density at radius 1 is 1.30 bits per heavy atom. The lowest BCUT2D eigenvalue weighted by molar-refractivity contribution is -0.120. The second-order valence-corrected chi connectivity index (χ2v) is 10.7. The van der Waals surface area contributed by atoms with Gasteiger partial charge in [0, 0.05) is 18.0 Å². The third kappa shape index (κ3) is 12.8. The molecule has 0 unspecified atom stereocenters. The minimum absolute atomic E-state index is 0.151. The Morgan fingerprint density at radius 2 is 1.97 bits per heavy atom. The first-order valence-electron chi connectivity index (χ1n) is 10.7. The Hall–Kier alpha value is -1.87. The summed E-state index contributed by atoms with van der Waals surface area (Å²) >= 11 is 1.58. The van der Waals surface area contributed by atoms with Crippen LogP contribution in [0.2, 0.25) is 0 Å². The van der Waals surface area contributed by atoms with Crippen molar-refractivity contribution in [2.24, 2.45) is 11.8 Å². The van der Waals surface area contributed by atoms with E-state index in [2.05, 4.69) is 24.7 Å². The van der Waals surface area contributed by atoms with E-state index in [0.29, 0.717) is 37.5 Å². The van der Waals surface area contributed by atoms with Crippen molar-refractivity contribution in [1.29, 1.82) is 0 Å². The molecule has 0 aromatic heterocycles. The smallest absolute Gasteiger partial charge is 0.362 e. The second-order valence-electron chi connectivity index (χ2n) is 7.94. The van der Waals surface area contributed by atoms with Crippen molar-refractivity contribution >= 4 is 26.0 Å². The molecule has 10 heteroatoms. The highest BCUT2D eigenvalue weighted by atomic mass is 32.2. The normalized spacial score (nSPS) is 13.5. The second kappa shape index (κ2) is 15.1. The van der Waals surface area contributed by atoms with Gasteiger partial charge in [0.15, 0.2) is 6.35 Å². The molecule has 0 aliphatic carbocycles. The van der Waals surface area contributed by atoms with Gasteiger partial charge in [-0.3, -0.25) is 14.4 Å². The van der Waals surface area contributed by atoms with Crippen LogP contribution in [0.3, 0.4) is 0 Å². The highest BCUT2D eigenvalue weighted by molar-refractivity contribution is 7.97. The van der Waals surface area contributed by atoms with Crippen LogP contribution in [0.4, 0.5) is 0 Å². The minimum Gasteiger partial charge on any atom is -0.481 e. The average molecular weight is 498 g/mol. The number of carbonyl (C=O) groups is 1. The van der Waals surface area contributed by atoms with E-state index in [-0.39, 0.29) is 6.04 Å². The van der Waals surface area contributed by atoms with Crippen molar-refractivity contribution in [1.82, 2.24) is 9.31 Å². The molecular weight excluding hydrogens is 461 g/mol. The fourth-order valence-electron chi connectivity index (χ4n) is 2.97. The standard InChI is InChI=1S/C23H36N3O5PS/c1-5-7-8-20(6-2)15-21(26(24)17-27)13-14-25(16-19(3)4)33-23-11-9-22(10-12-23)31-18-32(28,29)30/h5-12,17,19,21H,1,13-16,18,24H2,2-4H3,(H2,28,29,30)/b8-7-,20-6+/t21-/m1/s1. The lowest BCUT2D eigenvalue weighted by Gasteiger charge is -2.29. The molecule has 0 spiro atoms. The van der Waals surface area contributed by atoms with Gasteiger partial charge in [0.25, 0.3) is 0 Å². The van der Waals surface area contributed by atoms with Crippen LogP contribution >= 0.6 is 19.5 Å². The number of nitrogens with two attached hydrogens (primary N) is 1. The van der Waals surface area contributed by atoms with Gasteiger partial charge in [-0.15, -0.1) is 0 Å².